The van der Waals surface area contributed by atoms with Crippen LogP contribution in [0.1, 0.15) is 37.7 Å². The summed E-state index contributed by atoms with van der Waals surface area (Å²) in [5.74, 6) is 1.83. The number of nitrogens with zero attached hydrogens (tertiary/aromatic N) is 1. The summed E-state index contributed by atoms with van der Waals surface area (Å²) in [4.78, 5) is 14.7. The van der Waals surface area contributed by atoms with E-state index in [9.17, 15) is 4.79 Å². The second-order valence-electron chi connectivity index (χ2n) is 5.83. The first kappa shape index (κ1) is 14.4. The molecule has 0 amide bonds. The fourth-order valence-corrected chi connectivity index (χ4v) is 2.94. The molecule has 0 unspecified atom stereocenters. The highest BCUT2D eigenvalue weighted by Crippen LogP contribution is 2.49. The predicted molar refractivity (Wildman–Crippen MR) is 79.9 cm³/mol. The van der Waals surface area contributed by atoms with Crippen LogP contribution in [0.25, 0.3) is 0 Å². The van der Waals surface area contributed by atoms with E-state index in [0.29, 0.717) is 29.0 Å². The fourth-order valence-electron chi connectivity index (χ4n) is 2.68. The summed E-state index contributed by atoms with van der Waals surface area (Å²) in [5, 5.41) is 0.511. The third-order valence-corrected chi connectivity index (χ3v) is 4.65. The molecule has 1 aromatic rings. The first-order chi connectivity index (χ1) is 10.2. The monoisotopic (exact) mass is 307 g/mol. The zero-order valence-corrected chi connectivity index (χ0v) is 12.8. The van der Waals surface area contributed by atoms with Crippen molar-refractivity contribution in [3.63, 3.8) is 0 Å². The van der Waals surface area contributed by atoms with E-state index in [4.69, 9.17) is 21.1 Å². The Morgan fingerprint density at radius 1 is 1.43 bits per heavy atom. The van der Waals surface area contributed by atoms with Gasteiger partial charge in [0, 0.05) is 0 Å². The molecular formula is C16H18ClNO3. The number of hydrogen-bond donors (Lipinski definition) is 0. The Labute approximate surface area is 129 Å². The predicted octanol–water partition coefficient (Wildman–Crippen LogP) is 3.85. The third-order valence-electron chi connectivity index (χ3n) is 4.37. The molecule has 2 aliphatic rings. The lowest BCUT2D eigenvalue weighted by Gasteiger charge is -2.37. The van der Waals surface area contributed by atoms with Crippen molar-refractivity contribution in [2.75, 3.05) is 13.7 Å². The molecule has 0 N–H and O–H groups in total. The molecule has 3 rings (SSSR count). The molecule has 21 heavy (non-hydrogen) atoms. The summed E-state index contributed by atoms with van der Waals surface area (Å²) in [7, 11) is 1.59. The maximum atomic E-state index is 10.7. The molecule has 0 saturated heterocycles. The zero-order chi connectivity index (χ0) is 14.9. The molecule has 0 bridgehead atoms. The van der Waals surface area contributed by atoms with Crippen molar-refractivity contribution in [1.82, 2.24) is 0 Å². The summed E-state index contributed by atoms with van der Waals surface area (Å²) in [6.07, 6.45) is 6.84. The minimum Gasteiger partial charge on any atom is -0.493 e. The van der Waals surface area contributed by atoms with E-state index >= 15 is 0 Å². The second kappa shape index (κ2) is 5.70. The largest absolute Gasteiger partial charge is 0.493 e. The zero-order valence-electron chi connectivity index (χ0n) is 12.0. The van der Waals surface area contributed by atoms with Crippen LogP contribution in [0.2, 0.25) is 5.02 Å². The van der Waals surface area contributed by atoms with Crippen LogP contribution in [0.5, 0.6) is 11.5 Å². The Balaban J connectivity index is 1.92. The first-order valence-corrected chi connectivity index (χ1v) is 7.66. The Kier molecular flexibility index (Phi) is 3.92. The maximum Gasteiger partial charge on any atom is 0.235 e. The van der Waals surface area contributed by atoms with Gasteiger partial charge in [-0.05, 0) is 55.7 Å². The molecule has 0 spiro atoms. The Morgan fingerprint density at radius 3 is 2.71 bits per heavy atom. The molecule has 2 aliphatic carbocycles. The number of methoxy groups -OCH3 is 1. The summed E-state index contributed by atoms with van der Waals surface area (Å²) in [6, 6.07) is 3.72. The second-order valence-corrected chi connectivity index (χ2v) is 6.24. The van der Waals surface area contributed by atoms with Crippen LogP contribution >= 0.6 is 11.6 Å². The van der Waals surface area contributed by atoms with Gasteiger partial charge in [-0.1, -0.05) is 11.6 Å². The van der Waals surface area contributed by atoms with Crippen molar-refractivity contribution < 1.29 is 14.3 Å². The summed E-state index contributed by atoms with van der Waals surface area (Å²) < 4.78 is 11.2. The average molecular weight is 308 g/mol. The number of aliphatic imine (C=N–C) groups is 1. The van der Waals surface area contributed by atoms with Gasteiger partial charge in [-0.25, -0.2) is 4.79 Å². The number of ether oxygens (including phenoxy) is 2. The van der Waals surface area contributed by atoms with Gasteiger partial charge in [-0.3, -0.25) is 0 Å². The molecule has 0 radical (unpaired) electrons. The van der Waals surface area contributed by atoms with E-state index < -0.39 is 5.54 Å². The smallest absolute Gasteiger partial charge is 0.235 e. The van der Waals surface area contributed by atoms with Gasteiger partial charge < -0.3 is 9.47 Å². The van der Waals surface area contributed by atoms with Crippen LogP contribution in [0.4, 0.5) is 0 Å². The lowest BCUT2D eigenvalue weighted by atomic mass is 9.72. The Bertz CT molecular complexity index is 587. The van der Waals surface area contributed by atoms with Crippen molar-refractivity contribution >= 4 is 17.7 Å². The van der Waals surface area contributed by atoms with E-state index in [2.05, 4.69) is 4.99 Å². The lowest BCUT2D eigenvalue weighted by molar-refractivity contribution is 0.252. The van der Waals surface area contributed by atoms with Gasteiger partial charge in [0.25, 0.3) is 0 Å². The van der Waals surface area contributed by atoms with Gasteiger partial charge in [-0.15, -0.1) is 0 Å². The van der Waals surface area contributed by atoms with Crippen molar-refractivity contribution in [2.45, 2.75) is 37.6 Å². The molecule has 2 fully saturated rings. The van der Waals surface area contributed by atoms with Crippen LogP contribution in [-0.2, 0) is 10.3 Å². The third kappa shape index (κ3) is 2.78. The highest BCUT2D eigenvalue weighted by molar-refractivity contribution is 6.32. The Morgan fingerprint density at radius 2 is 2.19 bits per heavy atom. The van der Waals surface area contributed by atoms with Gasteiger partial charge >= 0.3 is 0 Å². The number of hydrogen-bond acceptors (Lipinski definition) is 4. The summed E-state index contributed by atoms with van der Waals surface area (Å²) in [6.45, 7) is 0.674. The van der Waals surface area contributed by atoms with Crippen LogP contribution < -0.4 is 9.47 Å². The molecule has 1 aromatic carbocycles. The van der Waals surface area contributed by atoms with E-state index in [1.165, 1.54) is 12.8 Å². The fraction of sp³-hybridized carbons (Fsp3) is 0.562. The van der Waals surface area contributed by atoms with Crippen LogP contribution in [0.3, 0.4) is 0 Å². The van der Waals surface area contributed by atoms with Crippen molar-refractivity contribution in [3.05, 3.63) is 22.7 Å². The molecule has 112 valence electrons. The van der Waals surface area contributed by atoms with Crippen molar-refractivity contribution in [1.29, 1.82) is 0 Å². The molecule has 0 heterocycles. The van der Waals surface area contributed by atoms with Gasteiger partial charge in [0.05, 0.1) is 24.3 Å². The standard InChI is InChI=1S/C16H18ClNO3/c1-20-14-8-12(16(18-10-19)5-2-6-16)7-13(17)15(14)21-9-11-3-4-11/h7-8,11H,2-6,9H2,1H3. The number of benzene rings is 1. The van der Waals surface area contributed by atoms with Crippen molar-refractivity contribution in [2.24, 2.45) is 10.9 Å². The van der Waals surface area contributed by atoms with Gasteiger partial charge in [0.1, 0.15) is 0 Å². The SMILES string of the molecule is COc1cc(C2(N=C=O)CCC2)cc(Cl)c1OCC1CC1. The normalized spacial score (nSPS) is 19.3. The Hall–Kier alpha value is -1.51. The van der Waals surface area contributed by atoms with E-state index in [0.717, 1.165) is 24.8 Å². The highest BCUT2D eigenvalue weighted by atomic mass is 35.5. The number of halogens is 1. The number of carbonyl (C=O) groups excluding carboxylic acids is 1. The van der Waals surface area contributed by atoms with Gasteiger partial charge in [0.15, 0.2) is 11.5 Å². The van der Waals surface area contributed by atoms with E-state index in [-0.39, 0.29) is 0 Å². The first-order valence-electron chi connectivity index (χ1n) is 7.28. The number of isocyanates is 1. The molecule has 0 atom stereocenters. The van der Waals surface area contributed by atoms with Crippen LogP contribution in [-0.4, -0.2) is 19.8 Å². The maximum absolute atomic E-state index is 10.7. The summed E-state index contributed by atoms with van der Waals surface area (Å²) in [5.41, 5.74) is 0.422. The number of rotatable bonds is 6. The van der Waals surface area contributed by atoms with E-state index in [1.54, 1.807) is 13.2 Å². The molecule has 0 aliphatic heterocycles. The summed E-state index contributed by atoms with van der Waals surface area (Å²) >= 11 is 6.36. The molecule has 0 aromatic heterocycles. The van der Waals surface area contributed by atoms with Crippen LogP contribution in [0.15, 0.2) is 17.1 Å². The highest BCUT2D eigenvalue weighted by Gasteiger charge is 2.40. The molecular weight excluding hydrogens is 290 g/mol. The lowest BCUT2D eigenvalue weighted by Crippen LogP contribution is -2.31. The topological polar surface area (TPSA) is 47.9 Å². The van der Waals surface area contributed by atoms with E-state index in [1.807, 2.05) is 12.1 Å². The minimum absolute atomic E-state index is 0.478. The van der Waals surface area contributed by atoms with Crippen LogP contribution in [0, 0.1) is 5.92 Å². The van der Waals surface area contributed by atoms with Gasteiger partial charge in [-0.2, -0.15) is 4.99 Å². The average Bonchev–Trinajstić information content (AvgIpc) is 3.24. The molecule has 4 nitrogen and oxygen atoms in total. The quantitative estimate of drug-likeness (QED) is 0.592. The molecule has 2 saturated carbocycles. The van der Waals surface area contributed by atoms with Gasteiger partial charge in [0.2, 0.25) is 6.08 Å². The molecule has 5 heteroatoms. The van der Waals surface area contributed by atoms with Crippen molar-refractivity contribution in [3.8, 4) is 11.5 Å². The minimum atomic E-state index is -0.478.